The molecule has 1 rings (SSSR count). The van der Waals surface area contributed by atoms with Gasteiger partial charge >= 0.3 is 0 Å². The van der Waals surface area contributed by atoms with E-state index in [1.165, 1.54) is 5.56 Å². The van der Waals surface area contributed by atoms with Gasteiger partial charge in [-0.15, -0.1) is 12.6 Å². The third-order valence-corrected chi connectivity index (χ3v) is 2.87. The maximum atomic E-state index is 5.17. The van der Waals surface area contributed by atoms with E-state index < -0.39 is 0 Å². The third kappa shape index (κ3) is 3.18. The van der Waals surface area contributed by atoms with Crippen molar-refractivity contribution in [1.82, 2.24) is 0 Å². The van der Waals surface area contributed by atoms with Gasteiger partial charge in [0.15, 0.2) is 0 Å². The summed E-state index contributed by atoms with van der Waals surface area (Å²) >= 11 is 4.38. The molecule has 0 heterocycles. The van der Waals surface area contributed by atoms with Gasteiger partial charge in [-0.3, -0.25) is 0 Å². The quantitative estimate of drug-likeness (QED) is 0.594. The van der Waals surface area contributed by atoms with Gasteiger partial charge in [-0.25, -0.2) is 0 Å². The topological polar surface area (TPSA) is 9.23 Å². The van der Waals surface area contributed by atoms with Crippen LogP contribution in [0, 0.1) is 0 Å². The molecule has 0 saturated carbocycles. The second kappa shape index (κ2) is 4.31. The number of rotatable bonds is 3. The maximum Gasteiger partial charge on any atom is 0.246 e. The number of benzene rings is 1. The molecule has 13 heavy (non-hydrogen) atoms. The zero-order chi connectivity index (χ0) is 9.90. The molecule has 0 aliphatic rings. The molecule has 0 aliphatic carbocycles. The first-order valence-corrected chi connectivity index (χ1v) is 5.02. The summed E-state index contributed by atoms with van der Waals surface area (Å²) in [6, 6.07) is 8.05. The van der Waals surface area contributed by atoms with Gasteiger partial charge in [0.05, 0.1) is 5.60 Å². The van der Waals surface area contributed by atoms with Crippen LogP contribution in [0.2, 0.25) is 0 Å². The largest absolute Gasteiger partial charge is 0.413 e. The second-order valence-electron chi connectivity index (χ2n) is 3.67. The Kier molecular flexibility index (Phi) is 3.59. The lowest BCUT2D eigenvalue weighted by molar-refractivity contribution is 0.123. The minimum Gasteiger partial charge on any atom is -0.413 e. The van der Waals surface area contributed by atoms with Crippen molar-refractivity contribution in [3.05, 3.63) is 29.8 Å². The minimum atomic E-state index is -0.199. The highest BCUT2D eigenvalue weighted by atomic mass is 32.1. The lowest BCUT2D eigenvalue weighted by atomic mass is 9.99. The number of hydrogen-bond donors (Lipinski definition) is 1. The van der Waals surface area contributed by atoms with Gasteiger partial charge in [0.2, 0.25) is 10.5 Å². The van der Waals surface area contributed by atoms with Crippen LogP contribution in [0.3, 0.4) is 0 Å². The van der Waals surface area contributed by atoms with Crippen LogP contribution in [0.1, 0.15) is 19.4 Å². The van der Waals surface area contributed by atoms with Crippen molar-refractivity contribution in [3.8, 4) is 0 Å². The van der Waals surface area contributed by atoms with Crippen molar-refractivity contribution >= 4 is 23.1 Å². The summed E-state index contributed by atoms with van der Waals surface area (Å²) in [5, 5.41) is 0. The van der Waals surface area contributed by atoms with Gasteiger partial charge in [0.25, 0.3) is 0 Å². The van der Waals surface area contributed by atoms with Crippen LogP contribution in [-0.2, 0) is 10.8 Å². The monoisotopic (exact) mass is 209 g/mol. The Morgan fingerprint density at radius 2 is 2.00 bits per heavy atom. The van der Waals surface area contributed by atoms with Crippen molar-refractivity contribution in [2.24, 2.45) is 0 Å². The number of thiol groups is 1. The normalized spacial score (nSPS) is 11.7. The molecule has 0 unspecified atom stereocenters. The van der Waals surface area contributed by atoms with E-state index in [0.29, 0.717) is 0 Å². The molecule has 1 aromatic carbocycles. The molecule has 0 atom stereocenters. The van der Waals surface area contributed by atoms with Crippen molar-refractivity contribution in [1.29, 1.82) is 0 Å². The molecule has 1 nitrogen and oxygen atoms in total. The summed E-state index contributed by atoms with van der Waals surface area (Å²) in [6.07, 6.45) is 0.843. The first-order chi connectivity index (χ1) is 6.05. The Morgan fingerprint density at radius 3 is 2.54 bits per heavy atom. The summed E-state index contributed by atoms with van der Waals surface area (Å²) in [7, 11) is 3.08. The van der Waals surface area contributed by atoms with Crippen LogP contribution >= 0.6 is 12.6 Å². The third-order valence-electron chi connectivity index (χ3n) is 1.88. The SMILES string of the molecule is CC(C)(Cc1ccccc1S)O[Si]. The van der Waals surface area contributed by atoms with E-state index in [1.54, 1.807) is 0 Å². The molecule has 0 saturated heterocycles. The molecule has 0 aromatic heterocycles. The van der Waals surface area contributed by atoms with Crippen LogP contribution in [0.15, 0.2) is 29.2 Å². The first-order valence-electron chi connectivity index (χ1n) is 4.17. The average molecular weight is 209 g/mol. The van der Waals surface area contributed by atoms with Crippen LogP contribution in [0.5, 0.6) is 0 Å². The molecule has 0 N–H and O–H groups in total. The van der Waals surface area contributed by atoms with Gasteiger partial charge in [0.1, 0.15) is 0 Å². The van der Waals surface area contributed by atoms with Crippen LogP contribution in [-0.4, -0.2) is 16.1 Å². The van der Waals surface area contributed by atoms with E-state index in [2.05, 4.69) is 29.2 Å². The molecular formula is C10H13OSSi. The highest BCUT2D eigenvalue weighted by Crippen LogP contribution is 2.20. The molecule has 3 radical (unpaired) electrons. The Balaban J connectivity index is 2.80. The van der Waals surface area contributed by atoms with Crippen molar-refractivity contribution < 1.29 is 4.43 Å². The molecule has 0 amide bonds. The van der Waals surface area contributed by atoms with E-state index >= 15 is 0 Å². The summed E-state index contributed by atoms with van der Waals surface area (Å²) in [5.74, 6) is 0. The zero-order valence-corrected chi connectivity index (χ0v) is 9.77. The van der Waals surface area contributed by atoms with E-state index in [4.69, 9.17) is 4.43 Å². The standard InChI is InChI=1S/C10H13OSSi/c1-10(2,11-13)7-8-5-3-4-6-9(8)12/h3-6,12H,7H2,1-2H3. The van der Waals surface area contributed by atoms with Crippen LogP contribution in [0.25, 0.3) is 0 Å². The van der Waals surface area contributed by atoms with Crippen LogP contribution in [0.4, 0.5) is 0 Å². The smallest absolute Gasteiger partial charge is 0.246 e. The van der Waals surface area contributed by atoms with Gasteiger partial charge in [0, 0.05) is 11.3 Å². The first kappa shape index (κ1) is 10.8. The predicted octanol–water partition coefficient (Wildman–Crippen LogP) is 2.40. The lowest BCUT2D eigenvalue weighted by Crippen LogP contribution is -2.26. The molecule has 3 heteroatoms. The Labute approximate surface area is 88.5 Å². The maximum absolute atomic E-state index is 5.17. The lowest BCUT2D eigenvalue weighted by Gasteiger charge is -2.23. The molecule has 0 aliphatic heterocycles. The molecule has 1 aromatic rings. The van der Waals surface area contributed by atoms with E-state index in [-0.39, 0.29) is 5.60 Å². The fourth-order valence-electron chi connectivity index (χ4n) is 1.16. The molecular weight excluding hydrogens is 196 g/mol. The summed E-state index contributed by atoms with van der Waals surface area (Å²) in [4.78, 5) is 1.01. The highest BCUT2D eigenvalue weighted by molar-refractivity contribution is 7.80. The fraction of sp³-hybridized carbons (Fsp3) is 0.400. The Bertz CT molecular complexity index is 286. The Morgan fingerprint density at radius 1 is 1.38 bits per heavy atom. The fourth-order valence-corrected chi connectivity index (χ4v) is 1.47. The number of hydrogen-bond acceptors (Lipinski definition) is 2. The van der Waals surface area contributed by atoms with Gasteiger partial charge < -0.3 is 4.43 Å². The van der Waals surface area contributed by atoms with Crippen molar-refractivity contribution in [3.63, 3.8) is 0 Å². The molecule has 69 valence electrons. The average Bonchev–Trinajstić information content (AvgIpc) is 2.09. The van der Waals surface area contributed by atoms with Crippen LogP contribution < -0.4 is 0 Å². The van der Waals surface area contributed by atoms with Crippen molar-refractivity contribution in [2.75, 3.05) is 0 Å². The van der Waals surface area contributed by atoms with E-state index in [0.717, 1.165) is 11.3 Å². The van der Waals surface area contributed by atoms with Gasteiger partial charge in [-0.05, 0) is 25.5 Å². The summed E-state index contributed by atoms with van der Waals surface area (Å²) in [6.45, 7) is 4.06. The minimum absolute atomic E-state index is 0.199. The predicted molar refractivity (Wildman–Crippen MR) is 58.3 cm³/mol. The molecule has 0 bridgehead atoms. The van der Waals surface area contributed by atoms with E-state index in [9.17, 15) is 0 Å². The highest BCUT2D eigenvalue weighted by Gasteiger charge is 2.17. The van der Waals surface area contributed by atoms with Crippen molar-refractivity contribution in [2.45, 2.75) is 30.8 Å². The molecule has 0 spiro atoms. The Hall–Kier alpha value is -0.253. The summed E-state index contributed by atoms with van der Waals surface area (Å²) < 4.78 is 5.17. The second-order valence-corrected chi connectivity index (χ2v) is 4.35. The summed E-state index contributed by atoms with van der Waals surface area (Å²) in [5.41, 5.74) is 1.00. The molecule has 0 fully saturated rings. The van der Waals surface area contributed by atoms with Gasteiger partial charge in [-0.2, -0.15) is 0 Å². The van der Waals surface area contributed by atoms with E-state index in [1.807, 2.05) is 32.0 Å². The zero-order valence-electron chi connectivity index (χ0n) is 7.87. The van der Waals surface area contributed by atoms with Gasteiger partial charge in [-0.1, -0.05) is 18.2 Å².